The average molecular weight is 901 g/mol. The summed E-state index contributed by atoms with van der Waals surface area (Å²) in [6.45, 7) is 13.8. The van der Waals surface area contributed by atoms with Crippen molar-refractivity contribution in [2.24, 2.45) is 0 Å². The van der Waals surface area contributed by atoms with Gasteiger partial charge in [-0.15, -0.1) is 29.8 Å². The predicted molar refractivity (Wildman–Crippen MR) is 217 cm³/mol. The minimum atomic E-state index is -2.33. The van der Waals surface area contributed by atoms with Gasteiger partial charge in [0.1, 0.15) is 0 Å². The van der Waals surface area contributed by atoms with Gasteiger partial charge in [-0.25, -0.2) is 0 Å². The maximum atomic E-state index is 8.69. The maximum absolute atomic E-state index is 8.69. The van der Waals surface area contributed by atoms with Gasteiger partial charge in [0.25, 0.3) is 0 Å². The first kappa shape index (κ1) is 31.2. The van der Waals surface area contributed by atoms with Gasteiger partial charge in [0, 0.05) is 54.2 Å². The number of ether oxygens (including phenoxy) is 1. The van der Waals surface area contributed by atoms with Crippen LogP contribution in [0.1, 0.15) is 86.2 Å². The minimum absolute atomic E-state index is 0. The first-order valence-electron chi connectivity index (χ1n) is 20.4. The fourth-order valence-electron chi connectivity index (χ4n) is 10.1. The molecule has 0 spiro atoms. The summed E-state index contributed by atoms with van der Waals surface area (Å²) in [5, 5.41) is 7.19. The molecule has 5 nitrogen and oxygen atoms in total. The second kappa shape index (κ2) is 11.1. The second-order valence-corrected chi connectivity index (χ2v) is 17.4. The Hall–Kier alpha value is -4.99. The van der Waals surface area contributed by atoms with E-state index in [0.717, 1.165) is 84.3 Å². The van der Waals surface area contributed by atoms with Crippen LogP contribution in [0.25, 0.3) is 55.4 Å². The average Bonchev–Trinajstić information content (AvgIpc) is 3.82. The molecule has 3 aromatic heterocycles. The molecule has 2 aliphatic heterocycles. The molecule has 0 saturated carbocycles. The summed E-state index contributed by atoms with van der Waals surface area (Å²) in [6.07, 6.45) is 2.81. The Morgan fingerprint density at radius 3 is 2.25 bits per heavy atom. The molecule has 5 aromatic carbocycles. The Kier molecular flexibility index (Phi) is 6.29. The normalized spacial score (nSPS) is 20.2. The summed E-state index contributed by atoms with van der Waals surface area (Å²) in [6, 6.07) is 38.1. The van der Waals surface area contributed by atoms with Gasteiger partial charge in [-0.2, -0.15) is 11.2 Å². The largest absolute Gasteiger partial charge is 2.00 e. The molecule has 1 unspecified atom stereocenters. The van der Waals surface area contributed by atoms with Gasteiger partial charge in [0.15, 0.2) is 0 Å². The molecule has 8 aromatic rings. The van der Waals surface area contributed by atoms with Crippen LogP contribution < -0.4 is 4.74 Å². The number of hydrogen-bond donors (Lipinski definition) is 0. The van der Waals surface area contributed by atoms with E-state index in [9.17, 15) is 0 Å². The Morgan fingerprint density at radius 1 is 0.727 bits per heavy atom. The van der Waals surface area contributed by atoms with Crippen LogP contribution in [0.4, 0.5) is 0 Å². The van der Waals surface area contributed by atoms with Crippen molar-refractivity contribution in [1.29, 1.82) is 0 Å². The van der Waals surface area contributed by atoms with Crippen molar-refractivity contribution in [3.63, 3.8) is 0 Å². The van der Waals surface area contributed by atoms with Crippen LogP contribution in [-0.4, -0.2) is 19.2 Å². The van der Waals surface area contributed by atoms with Crippen LogP contribution in [0.15, 0.2) is 97.2 Å². The van der Waals surface area contributed by atoms with Gasteiger partial charge in [0.05, 0.1) is 23.2 Å². The zero-order valence-corrected chi connectivity index (χ0v) is 34.2. The van der Waals surface area contributed by atoms with Gasteiger partial charge in [-0.1, -0.05) is 138 Å². The quantitative estimate of drug-likeness (QED) is 0.131. The van der Waals surface area contributed by atoms with Crippen molar-refractivity contribution in [2.45, 2.75) is 83.4 Å². The van der Waals surface area contributed by atoms with Crippen LogP contribution in [-0.2, 0) is 49.1 Å². The number of imidazole rings is 1. The van der Waals surface area contributed by atoms with E-state index in [2.05, 4.69) is 120 Å². The number of benzene rings is 5. The summed E-state index contributed by atoms with van der Waals surface area (Å²) in [7, 11) is 0. The third-order valence-electron chi connectivity index (χ3n) is 14.1. The van der Waals surface area contributed by atoms with Crippen molar-refractivity contribution in [1.82, 2.24) is 19.2 Å². The Bertz CT molecular complexity index is 3060. The van der Waals surface area contributed by atoms with Crippen molar-refractivity contribution < 1.29 is 29.9 Å². The summed E-state index contributed by atoms with van der Waals surface area (Å²) < 4.78 is 37.0. The molecule has 0 saturated heterocycles. The van der Waals surface area contributed by atoms with E-state index in [1.807, 2.05) is 47.3 Å². The minimum Gasteiger partial charge on any atom is -0.503 e. The second-order valence-electron chi connectivity index (χ2n) is 17.4. The van der Waals surface area contributed by atoms with E-state index < -0.39 is 6.85 Å². The van der Waals surface area contributed by atoms with Crippen LogP contribution in [0.2, 0.25) is 0 Å². The zero-order chi connectivity index (χ0) is 39.6. The SMILES string of the molecule is [2H]C([2H])([2H])c1ccc2c3c1c1ccc(Oc4[c-]c5c(cc4)C(C)(C)C(C)(C)c4c(-c6ccccc6)cnn4-5)[c-]c1c1nc4c(n13)C(C)(Cc1ccccc1-4)C2(C)C.[Pt+2]. The smallest absolute Gasteiger partial charge is 0.503 e. The van der Waals surface area contributed by atoms with Crippen LogP contribution in [0, 0.1) is 19.0 Å². The third-order valence-corrected chi connectivity index (χ3v) is 14.1. The molecule has 6 heteroatoms. The first-order valence-corrected chi connectivity index (χ1v) is 18.9. The Morgan fingerprint density at radius 2 is 1.45 bits per heavy atom. The number of aromatic nitrogens is 4. The van der Waals surface area contributed by atoms with E-state index >= 15 is 0 Å². The molecule has 5 heterocycles. The Labute approximate surface area is 340 Å². The number of fused-ring (bicyclic) bond motifs is 8. The molecule has 1 aliphatic carbocycles. The molecule has 1 atom stereocenters. The van der Waals surface area contributed by atoms with Crippen molar-refractivity contribution in [3.8, 4) is 39.6 Å². The number of nitrogens with zero attached hydrogens (tertiary/aromatic N) is 4. The van der Waals surface area contributed by atoms with Gasteiger partial charge < -0.3 is 9.14 Å². The number of aryl methyl sites for hydroxylation is 1. The Balaban J connectivity index is 0.00000408. The predicted octanol–water partition coefficient (Wildman–Crippen LogP) is 11.5. The zero-order valence-electron chi connectivity index (χ0n) is 35.0. The van der Waals surface area contributed by atoms with E-state index in [1.54, 1.807) is 0 Å². The molecular weight excluding hydrogens is 856 g/mol. The van der Waals surface area contributed by atoms with Crippen molar-refractivity contribution in [3.05, 3.63) is 143 Å². The van der Waals surface area contributed by atoms with E-state index in [1.165, 1.54) is 5.56 Å². The number of hydrogen-bond acceptors (Lipinski definition) is 3. The molecule has 11 rings (SSSR count). The molecular formula is C49H42N4OPt. The number of rotatable bonds is 3. The summed E-state index contributed by atoms with van der Waals surface area (Å²) in [4.78, 5) is 5.46. The van der Waals surface area contributed by atoms with Crippen LogP contribution in [0.3, 0.4) is 0 Å². The maximum Gasteiger partial charge on any atom is 2.00 e. The third kappa shape index (κ3) is 4.18. The molecule has 0 fully saturated rings. The molecule has 55 heavy (non-hydrogen) atoms. The van der Waals surface area contributed by atoms with E-state index in [0.29, 0.717) is 17.1 Å². The molecule has 3 aliphatic rings. The molecule has 0 amide bonds. The van der Waals surface area contributed by atoms with Gasteiger partial charge in [-0.05, 0) is 46.5 Å². The van der Waals surface area contributed by atoms with Crippen LogP contribution in [0.5, 0.6) is 11.5 Å². The fourth-order valence-corrected chi connectivity index (χ4v) is 10.1. The van der Waals surface area contributed by atoms with E-state index in [4.69, 9.17) is 18.9 Å². The van der Waals surface area contributed by atoms with Gasteiger partial charge >= 0.3 is 21.1 Å². The van der Waals surface area contributed by atoms with E-state index in [-0.39, 0.29) is 42.7 Å². The van der Waals surface area contributed by atoms with Crippen LogP contribution >= 0.6 is 0 Å². The molecule has 0 radical (unpaired) electrons. The van der Waals surface area contributed by atoms with Crippen molar-refractivity contribution in [2.75, 3.05) is 0 Å². The first-order chi connectivity index (χ1) is 27.0. The standard InChI is InChI=1S/C49H42N4O.Pt/c1-28-18-22-38-42-40(28)34-21-19-31(24-35(34)45-51-41-33-17-13-12-16-30(33)26-49(8,47(38,4)5)44(41)52(42)45)54-32-20-23-37-39(25-32)53-43(48(6,7)46(37,2)3)36(27-50-53)29-14-10-9-11-15-29;/h9-23,27H,26H2,1-8H3;/q-2;+2/i1D3;. The topological polar surface area (TPSA) is 44.3 Å². The fraction of sp³-hybridized carbons (Fsp3) is 0.265. The molecule has 0 N–H and O–H groups in total. The van der Waals surface area contributed by atoms with Crippen molar-refractivity contribution >= 4 is 27.3 Å². The monoisotopic (exact) mass is 900 g/mol. The summed E-state index contributed by atoms with van der Waals surface area (Å²) in [5.41, 5.74) is 11.8. The summed E-state index contributed by atoms with van der Waals surface area (Å²) >= 11 is 0. The summed E-state index contributed by atoms with van der Waals surface area (Å²) in [5.74, 6) is 1.03. The van der Waals surface area contributed by atoms with Gasteiger partial charge in [-0.3, -0.25) is 9.67 Å². The van der Waals surface area contributed by atoms with Gasteiger partial charge in [0.2, 0.25) is 0 Å². The number of pyridine rings is 1. The molecule has 0 bridgehead atoms. The molecule has 274 valence electrons.